The van der Waals surface area contributed by atoms with Gasteiger partial charge in [-0.1, -0.05) is 6.92 Å². The van der Waals surface area contributed by atoms with Crippen LogP contribution in [0.3, 0.4) is 0 Å². The van der Waals surface area contributed by atoms with Crippen molar-refractivity contribution in [2.24, 2.45) is 7.05 Å². The predicted octanol–water partition coefficient (Wildman–Crippen LogP) is 2.31. The van der Waals surface area contributed by atoms with Gasteiger partial charge < -0.3 is 14.8 Å². The Morgan fingerprint density at radius 3 is 2.73 bits per heavy atom. The van der Waals surface area contributed by atoms with Crippen LogP contribution in [0.25, 0.3) is 0 Å². The number of carbonyl (C=O) groups is 1. The number of fused-ring (bicyclic) bond motifs is 1. The Bertz CT molecular complexity index is 722. The van der Waals surface area contributed by atoms with Crippen LogP contribution in [-0.4, -0.2) is 28.9 Å². The molecule has 2 heterocycles. The lowest BCUT2D eigenvalue weighted by atomic mass is 10.1. The topological polar surface area (TPSA) is 65.4 Å². The highest BCUT2D eigenvalue weighted by Gasteiger charge is 2.18. The maximum absolute atomic E-state index is 12.5. The quantitative estimate of drug-likeness (QED) is 0.945. The first-order valence-corrected chi connectivity index (χ1v) is 7.33. The molecule has 0 aliphatic carbocycles. The van der Waals surface area contributed by atoms with Crippen molar-refractivity contribution in [2.75, 3.05) is 18.5 Å². The monoisotopic (exact) mass is 301 g/mol. The average molecular weight is 301 g/mol. The lowest BCUT2D eigenvalue weighted by Crippen LogP contribution is -2.18. The van der Waals surface area contributed by atoms with Gasteiger partial charge in [0.25, 0.3) is 5.91 Å². The lowest BCUT2D eigenvalue weighted by Gasteiger charge is -2.18. The minimum atomic E-state index is -0.189. The molecule has 6 nitrogen and oxygen atoms in total. The summed E-state index contributed by atoms with van der Waals surface area (Å²) in [6, 6.07) is 5.20. The minimum absolute atomic E-state index is 0.189. The van der Waals surface area contributed by atoms with E-state index in [1.54, 1.807) is 22.9 Å². The second-order valence-electron chi connectivity index (χ2n) is 5.21. The number of hydrogen-bond acceptors (Lipinski definition) is 4. The van der Waals surface area contributed by atoms with Gasteiger partial charge in [0.05, 0.1) is 5.69 Å². The number of hydrogen-bond donors (Lipinski definition) is 1. The highest BCUT2D eigenvalue weighted by molar-refractivity contribution is 6.04. The summed E-state index contributed by atoms with van der Waals surface area (Å²) in [4.78, 5) is 12.5. The molecule has 22 heavy (non-hydrogen) atoms. The van der Waals surface area contributed by atoms with E-state index in [0.717, 1.165) is 23.5 Å². The number of anilines is 1. The Morgan fingerprint density at radius 2 is 2.05 bits per heavy atom. The summed E-state index contributed by atoms with van der Waals surface area (Å²) in [5.41, 5.74) is 2.51. The van der Waals surface area contributed by atoms with Crippen molar-refractivity contribution in [3.63, 3.8) is 0 Å². The van der Waals surface area contributed by atoms with Crippen LogP contribution in [0.5, 0.6) is 11.5 Å². The second kappa shape index (κ2) is 5.71. The summed E-state index contributed by atoms with van der Waals surface area (Å²) >= 11 is 0. The van der Waals surface area contributed by atoms with E-state index in [0.29, 0.717) is 30.3 Å². The number of rotatable bonds is 3. The molecule has 0 saturated heterocycles. The molecule has 0 unspecified atom stereocenters. The molecule has 0 atom stereocenters. The van der Waals surface area contributed by atoms with Crippen LogP contribution >= 0.6 is 0 Å². The van der Waals surface area contributed by atoms with Gasteiger partial charge in [-0.05, 0) is 31.5 Å². The molecule has 1 N–H and O–H groups in total. The molecule has 2 aromatic rings. The molecule has 3 rings (SSSR count). The van der Waals surface area contributed by atoms with Gasteiger partial charge in [0, 0.05) is 18.2 Å². The Kier molecular flexibility index (Phi) is 3.75. The number of aryl methyl sites for hydroxylation is 2. The third kappa shape index (κ3) is 2.52. The highest BCUT2D eigenvalue weighted by Crippen LogP contribution is 2.31. The summed E-state index contributed by atoms with van der Waals surface area (Å²) in [6.45, 7) is 5.04. The van der Waals surface area contributed by atoms with Crippen LogP contribution in [0.2, 0.25) is 0 Å². The molecule has 116 valence electrons. The normalized spacial score (nSPS) is 13.0. The van der Waals surface area contributed by atoms with Crippen LogP contribution in [0.1, 0.15) is 28.5 Å². The first kappa shape index (κ1) is 14.4. The molecule has 0 fully saturated rings. The van der Waals surface area contributed by atoms with E-state index in [1.807, 2.05) is 20.9 Å². The molecule has 0 spiro atoms. The third-order valence-electron chi connectivity index (χ3n) is 3.75. The van der Waals surface area contributed by atoms with Crippen molar-refractivity contribution in [3.05, 3.63) is 35.0 Å². The molecule has 0 radical (unpaired) electrons. The number of ether oxygens (including phenoxy) is 2. The number of aromatic nitrogens is 2. The van der Waals surface area contributed by atoms with Crippen molar-refractivity contribution in [2.45, 2.75) is 20.3 Å². The maximum Gasteiger partial charge on any atom is 0.256 e. The standard InChI is InChI=1S/C16H19N3O3/c1-4-12-10(2)15(19(3)18-12)17-16(20)11-5-6-13-14(9-11)22-8-7-21-13/h5-6,9H,4,7-8H2,1-3H3,(H,17,20). The zero-order valence-electron chi connectivity index (χ0n) is 13.0. The molecular weight excluding hydrogens is 282 g/mol. The summed E-state index contributed by atoms with van der Waals surface area (Å²) in [6.07, 6.45) is 0.833. The van der Waals surface area contributed by atoms with E-state index in [1.165, 1.54) is 0 Å². The average Bonchev–Trinajstić information content (AvgIpc) is 2.81. The first-order chi connectivity index (χ1) is 10.6. The summed E-state index contributed by atoms with van der Waals surface area (Å²) in [7, 11) is 1.82. The maximum atomic E-state index is 12.5. The fourth-order valence-electron chi connectivity index (χ4n) is 2.56. The molecule has 1 aliphatic rings. The highest BCUT2D eigenvalue weighted by atomic mass is 16.6. The van der Waals surface area contributed by atoms with E-state index >= 15 is 0 Å². The van der Waals surface area contributed by atoms with E-state index in [9.17, 15) is 4.79 Å². The molecule has 1 aliphatic heterocycles. The van der Waals surface area contributed by atoms with Gasteiger partial charge in [-0.3, -0.25) is 9.48 Å². The Hall–Kier alpha value is -2.50. The van der Waals surface area contributed by atoms with E-state index in [2.05, 4.69) is 10.4 Å². The summed E-state index contributed by atoms with van der Waals surface area (Å²) in [5, 5.41) is 7.32. The zero-order valence-corrected chi connectivity index (χ0v) is 13.0. The summed E-state index contributed by atoms with van der Waals surface area (Å²) < 4.78 is 12.7. The van der Waals surface area contributed by atoms with Gasteiger partial charge in [-0.15, -0.1) is 0 Å². The SMILES string of the molecule is CCc1nn(C)c(NC(=O)c2ccc3c(c2)OCCO3)c1C. The predicted molar refractivity (Wildman–Crippen MR) is 82.7 cm³/mol. The molecule has 1 aromatic carbocycles. The van der Waals surface area contributed by atoms with Crippen LogP contribution in [0.4, 0.5) is 5.82 Å². The van der Waals surface area contributed by atoms with Crippen molar-refractivity contribution >= 4 is 11.7 Å². The molecule has 0 bridgehead atoms. The Balaban J connectivity index is 1.84. The largest absolute Gasteiger partial charge is 0.486 e. The molecule has 0 saturated carbocycles. The van der Waals surface area contributed by atoms with Gasteiger partial charge in [-0.2, -0.15) is 5.10 Å². The Labute approximate surface area is 129 Å². The van der Waals surface area contributed by atoms with Crippen LogP contribution < -0.4 is 14.8 Å². The van der Waals surface area contributed by atoms with Crippen molar-refractivity contribution in [1.82, 2.24) is 9.78 Å². The number of nitrogens with one attached hydrogen (secondary N) is 1. The van der Waals surface area contributed by atoms with E-state index in [-0.39, 0.29) is 5.91 Å². The minimum Gasteiger partial charge on any atom is -0.486 e. The van der Waals surface area contributed by atoms with Gasteiger partial charge in [0.1, 0.15) is 19.0 Å². The van der Waals surface area contributed by atoms with Crippen LogP contribution in [-0.2, 0) is 13.5 Å². The van der Waals surface area contributed by atoms with E-state index in [4.69, 9.17) is 9.47 Å². The molecular formula is C16H19N3O3. The first-order valence-electron chi connectivity index (χ1n) is 7.33. The molecule has 1 aromatic heterocycles. The van der Waals surface area contributed by atoms with Gasteiger partial charge in [-0.25, -0.2) is 0 Å². The zero-order chi connectivity index (χ0) is 15.7. The van der Waals surface area contributed by atoms with E-state index < -0.39 is 0 Å². The van der Waals surface area contributed by atoms with Crippen LogP contribution in [0, 0.1) is 6.92 Å². The smallest absolute Gasteiger partial charge is 0.256 e. The van der Waals surface area contributed by atoms with Crippen molar-refractivity contribution in [1.29, 1.82) is 0 Å². The fourth-order valence-corrected chi connectivity index (χ4v) is 2.56. The van der Waals surface area contributed by atoms with Crippen molar-refractivity contribution < 1.29 is 14.3 Å². The van der Waals surface area contributed by atoms with Crippen molar-refractivity contribution in [3.8, 4) is 11.5 Å². The second-order valence-corrected chi connectivity index (χ2v) is 5.21. The lowest BCUT2D eigenvalue weighted by molar-refractivity contribution is 0.102. The number of amides is 1. The third-order valence-corrected chi connectivity index (χ3v) is 3.75. The Morgan fingerprint density at radius 1 is 1.32 bits per heavy atom. The molecule has 6 heteroatoms. The van der Waals surface area contributed by atoms with Crippen LogP contribution in [0.15, 0.2) is 18.2 Å². The molecule has 1 amide bonds. The number of benzene rings is 1. The van der Waals surface area contributed by atoms with Gasteiger partial charge in [0.15, 0.2) is 11.5 Å². The number of carbonyl (C=O) groups excluding carboxylic acids is 1. The fraction of sp³-hybridized carbons (Fsp3) is 0.375. The summed E-state index contributed by atoms with van der Waals surface area (Å²) in [5.74, 6) is 1.81. The number of nitrogens with zero attached hydrogens (tertiary/aromatic N) is 2. The van der Waals surface area contributed by atoms with Gasteiger partial charge >= 0.3 is 0 Å². The van der Waals surface area contributed by atoms with Gasteiger partial charge in [0.2, 0.25) is 0 Å².